The minimum atomic E-state index is -0.755. The quantitative estimate of drug-likeness (QED) is 0.134. The molecule has 0 radical (unpaired) electrons. The predicted octanol–water partition coefficient (Wildman–Crippen LogP) is 8.80. The summed E-state index contributed by atoms with van der Waals surface area (Å²) in [5.41, 5.74) is 13.8. The average Bonchev–Trinajstić information content (AvgIpc) is 3.84. The maximum Gasteiger partial charge on any atom is 0.303 e. The second-order valence-corrected chi connectivity index (χ2v) is 15.1. The molecule has 58 heavy (non-hydrogen) atoms. The highest BCUT2D eigenvalue weighted by Crippen LogP contribution is 2.45. The van der Waals surface area contributed by atoms with Gasteiger partial charge in [-0.2, -0.15) is 0 Å². The Morgan fingerprint density at radius 3 is 2.28 bits per heavy atom. The van der Waals surface area contributed by atoms with Gasteiger partial charge >= 0.3 is 11.9 Å². The van der Waals surface area contributed by atoms with Crippen LogP contribution in [0.5, 0.6) is 11.5 Å². The third-order valence-electron chi connectivity index (χ3n) is 11.0. The van der Waals surface area contributed by atoms with E-state index in [1.54, 1.807) is 18.2 Å². The van der Waals surface area contributed by atoms with Crippen LogP contribution in [0.3, 0.4) is 0 Å². The number of aliphatic imine (C=N–C) groups is 1. The average molecular weight is 774 g/mol. The van der Waals surface area contributed by atoms with Crippen molar-refractivity contribution in [2.45, 2.75) is 66.3 Å². The van der Waals surface area contributed by atoms with Crippen LogP contribution in [0.4, 0.5) is 5.69 Å². The maximum absolute atomic E-state index is 12.7. The van der Waals surface area contributed by atoms with Gasteiger partial charge in [0.2, 0.25) is 5.78 Å². The molecule has 5 aromatic carbocycles. The van der Waals surface area contributed by atoms with E-state index in [4.69, 9.17) is 18.9 Å². The lowest BCUT2D eigenvalue weighted by Gasteiger charge is -2.27. The maximum atomic E-state index is 12.7. The summed E-state index contributed by atoms with van der Waals surface area (Å²) in [6.45, 7) is 7.14. The van der Waals surface area contributed by atoms with Crippen molar-refractivity contribution >= 4 is 45.7 Å². The van der Waals surface area contributed by atoms with Gasteiger partial charge in [0.1, 0.15) is 30.5 Å². The van der Waals surface area contributed by atoms with E-state index in [1.807, 2.05) is 25.3 Å². The fourth-order valence-corrected chi connectivity index (χ4v) is 8.24. The highest BCUT2D eigenvalue weighted by Gasteiger charge is 2.32. The number of benzene rings is 5. The van der Waals surface area contributed by atoms with E-state index < -0.39 is 18.0 Å². The summed E-state index contributed by atoms with van der Waals surface area (Å²) in [5, 5.41) is 2.50. The molecule has 0 spiro atoms. The molecule has 1 aromatic heterocycles. The highest BCUT2D eigenvalue weighted by atomic mass is 16.5. The first-order valence-electron chi connectivity index (χ1n) is 19.2. The number of aryl methyl sites for hydroxylation is 2. The molecule has 11 nitrogen and oxygen atoms in total. The number of imidazole rings is 1. The third kappa shape index (κ3) is 6.82. The van der Waals surface area contributed by atoms with E-state index in [-0.39, 0.29) is 24.8 Å². The number of nitrogens with one attached hydrogen (secondary N) is 1. The molecule has 0 saturated carbocycles. The molecule has 1 atom stereocenters. The Balaban J connectivity index is 0.000000150. The van der Waals surface area contributed by atoms with Gasteiger partial charge in [-0.05, 0) is 119 Å². The van der Waals surface area contributed by atoms with Gasteiger partial charge in [0, 0.05) is 48.2 Å². The van der Waals surface area contributed by atoms with Gasteiger partial charge in [0.25, 0.3) is 0 Å². The first-order valence-corrected chi connectivity index (χ1v) is 19.2. The van der Waals surface area contributed by atoms with Crippen LogP contribution < -0.4 is 9.47 Å². The molecule has 4 aliphatic rings. The number of nitrogens with zero attached hydrogens (tertiary/aromatic N) is 2. The number of carbonyl (C=O) groups is 4. The Labute approximate surface area is 334 Å². The van der Waals surface area contributed by atoms with Crippen LogP contribution in [0.15, 0.2) is 84.0 Å². The summed E-state index contributed by atoms with van der Waals surface area (Å²) >= 11 is 0. The van der Waals surface area contributed by atoms with Crippen molar-refractivity contribution in [3.8, 4) is 45.0 Å². The minimum Gasteiger partial charge on any atom is -0.488 e. The number of Topliss-reactive ketones (excluding diaryl/α,β-unsaturated/α-hetero) is 2. The SMILES string of the molecule is CC(=O)OCC(=O)c1ccc2c(c1)COc1cc3c(cc1-2)CCC(OC(C)=O)C3=O.CC1=Nc2ccc3cc4c(cc3c2C1)OCc1cc(-c2cnc(C)[nH]2)ccc1-4. The number of hydrogen-bond acceptors (Lipinski definition) is 10. The van der Waals surface area contributed by atoms with Crippen molar-refractivity contribution in [1.82, 2.24) is 9.97 Å². The van der Waals surface area contributed by atoms with E-state index in [2.05, 4.69) is 64.3 Å². The summed E-state index contributed by atoms with van der Waals surface area (Å²) in [4.78, 5) is 59.4. The zero-order valence-electron chi connectivity index (χ0n) is 32.5. The van der Waals surface area contributed by atoms with E-state index >= 15 is 0 Å². The summed E-state index contributed by atoms with van der Waals surface area (Å²) in [5.74, 6) is 0.988. The number of aromatic amines is 1. The number of hydrogen-bond donors (Lipinski definition) is 1. The number of ether oxygens (including phenoxy) is 4. The minimum absolute atomic E-state index is 0.213. The molecule has 0 bridgehead atoms. The fraction of sp³-hybridized carbons (Fsp3) is 0.234. The first-order chi connectivity index (χ1) is 28.0. The van der Waals surface area contributed by atoms with Crippen molar-refractivity contribution in [1.29, 1.82) is 0 Å². The van der Waals surface area contributed by atoms with Gasteiger partial charge in [0.15, 0.2) is 18.5 Å². The molecule has 0 saturated heterocycles. The molecule has 0 amide bonds. The Bertz CT molecular complexity index is 2780. The number of carbonyl (C=O) groups excluding carboxylic acids is 4. The number of ketones is 2. The van der Waals surface area contributed by atoms with E-state index in [1.165, 1.54) is 47.0 Å². The Morgan fingerprint density at radius 1 is 0.793 bits per heavy atom. The number of aromatic nitrogens is 2. The number of fused-ring (bicyclic) bond motifs is 10. The van der Waals surface area contributed by atoms with Crippen LogP contribution in [-0.4, -0.2) is 51.9 Å². The zero-order chi connectivity index (χ0) is 40.2. The summed E-state index contributed by atoms with van der Waals surface area (Å²) in [6.07, 6.45) is 3.11. The predicted molar refractivity (Wildman–Crippen MR) is 218 cm³/mol. The second-order valence-electron chi connectivity index (χ2n) is 15.1. The first kappa shape index (κ1) is 36.7. The largest absolute Gasteiger partial charge is 0.488 e. The van der Waals surface area contributed by atoms with E-state index in [0.29, 0.717) is 36.3 Å². The third-order valence-corrected chi connectivity index (χ3v) is 11.0. The summed E-state index contributed by atoms with van der Waals surface area (Å²) < 4.78 is 22.0. The van der Waals surface area contributed by atoms with Crippen LogP contribution in [0, 0.1) is 6.92 Å². The van der Waals surface area contributed by atoms with Crippen LogP contribution in [0.25, 0.3) is 44.3 Å². The molecule has 290 valence electrons. The standard InChI is InChI=1S/C24H19N3O.C23H20O7/c1-13-7-20-19-10-24-21(9-15(19)4-6-22(20)26-13)18-5-3-16(8-17(18)12-28-24)23-11-25-14(2)27-23;1-12(24)28-11-20(26)15-3-5-17-16(7-15)10-29-22-9-18-14(8-19(17)22)4-6-21(23(18)27)30-13(2)25/h3-6,8-11H,7,12H2,1-2H3,(H,25,27);3,5,7-9,21H,4,6,10-11H2,1-2H3. The Morgan fingerprint density at radius 2 is 1.53 bits per heavy atom. The van der Waals surface area contributed by atoms with Crippen molar-refractivity contribution in [3.05, 3.63) is 118 Å². The van der Waals surface area contributed by atoms with Crippen molar-refractivity contribution in [3.63, 3.8) is 0 Å². The van der Waals surface area contributed by atoms with Gasteiger partial charge in [-0.1, -0.05) is 30.3 Å². The topological polar surface area (TPSA) is 146 Å². The molecule has 3 aliphatic heterocycles. The lowest BCUT2D eigenvalue weighted by atomic mass is 9.84. The lowest BCUT2D eigenvalue weighted by Crippen LogP contribution is -2.31. The smallest absolute Gasteiger partial charge is 0.303 e. The molecule has 4 heterocycles. The fourth-order valence-electron chi connectivity index (χ4n) is 8.24. The molecule has 1 unspecified atom stereocenters. The zero-order valence-corrected chi connectivity index (χ0v) is 32.5. The monoisotopic (exact) mass is 773 g/mol. The molecular weight excluding hydrogens is 735 g/mol. The number of H-pyrrole nitrogens is 1. The number of rotatable bonds is 5. The van der Waals surface area contributed by atoms with Gasteiger partial charge in [0.05, 0.1) is 17.6 Å². The molecule has 1 N–H and O–H groups in total. The summed E-state index contributed by atoms with van der Waals surface area (Å²) in [7, 11) is 0. The van der Waals surface area contributed by atoms with Gasteiger partial charge in [-0.3, -0.25) is 24.2 Å². The second kappa shape index (κ2) is 14.6. The van der Waals surface area contributed by atoms with Crippen LogP contribution in [-0.2, 0) is 45.1 Å². The van der Waals surface area contributed by atoms with Gasteiger partial charge in [-0.25, -0.2) is 4.98 Å². The molecule has 6 aromatic rings. The van der Waals surface area contributed by atoms with Crippen molar-refractivity contribution < 1.29 is 38.1 Å². The molecule has 0 fully saturated rings. The van der Waals surface area contributed by atoms with Crippen molar-refractivity contribution in [2.24, 2.45) is 4.99 Å². The Hall–Kier alpha value is -6.88. The molecule has 1 aliphatic carbocycles. The Kier molecular flexibility index (Phi) is 9.23. The molecule has 10 rings (SSSR count). The van der Waals surface area contributed by atoms with Crippen molar-refractivity contribution in [2.75, 3.05) is 6.61 Å². The summed E-state index contributed by atoms with van der Waals surface area (Å²) in [6, 6.07) is 24.3. The van der Waals surface area contributed by atoms with Gasteiger partial charge in [-0.15, -0.1) is 0 Å². The van der Waals surface area contributed by atoms with Crippen LogP contribution in [0.2, 0.25) is 0 Å². The van der Waals surface area contributed by atoms with E-state index in [0.717, 1.165) is 62.8 Å². The molecule has 11 heteroatoms. The normalized spacial score (nSPS) is 15.4. The van der Waals surface area contributed by atoms with Gasteiger partial charge < -0.3 is 23.9 Å². The highest BCUT2D eigenvalue weighted by molar-refractivity contribution is 6.05. The number of esters is 2. The molecular formula is C47H39N3O8. The van der Waals surface area contributed by atoms with E-state index in [9.17, 15) is 19.2 Å². The van der Waals surface area contributed by atoms with Crippen LogP contribution in [0.1, 0.15) is 76.0 Å². The lowest BCUT2D eigenvalue weighted by molar-refractivity contribution is -0.144. The van der Waals surface area contributed by atoms with Crippen LogP contribution >= 0.6 is 0 Å².